The van der Waals surface area contributed by atoms with Gasteiger partial charge < -0.3 is 19.0 Å². The van der Waals surface area contributed by atoms with Crippen LogP contribution in [0.1, 0.15) is 73.6 Å². The van der Waals surface area contributed by atoms with E-state index in [0.717, 1.165) is 31.3 Å². The van der Waals surface area contributed by atoms with Crippen LogP contribution in [0, 0.1) is 39.4 Å². The molecule has 6 heteroatoms. The third-order valence-electron chi connectivity index (χ3n) is 11.6. The number of rotatable bonds is 3. The van der Waals surface area contributed by atoms with Crippen molar-refractivity contribution in [3.8, 4) is 0 Å². The quantitative estimate of drug-likeness (QED) is 0.433. The fourth-order valence-corrected chi connectivity index (χ4v) is 9.89. The number of carbonyl (C=O) groups excluding carboxylic acids is 3. The van der Waals surface area contributed by atoms with Gasteiger partial charge in [0.05, 0.1) is 12.9 Å². The third kappa shape index (κ3) is 2.57. The normalized spacial score (nSPS) is 51.1. The van der Waals surface area contributed by atoms with Crippen LogP contribution < -0.4 is 0 Å². The van der Waals surface area contributed by atoms with Gasteiger partial charge in [-0.15, -0.1) is 0 Å². The van der Waals surface area contributed by atoms with Crippen molar-refractivity contribution in [3.05, 3.63) is 24.0 Å². The van der Waals surface area contributed by atoms with E-state index in [1.165, 1.54) is 0 Å². The lowest BCUT2D eigenvalue weighted by Crippen LogP contribution is -2.72. The topological polar surface area (TPSA) is 82.2 Å². The molecule has 3 aliphatic carbocycles. The monoisotopic (exact) mass is 482 g/mol. The van der Waals surface area contributed by atoms with Gasteiger partial charge in [-0.1, -0.05) is 40.7 Å². The van der Waals surface area contributed by atoms with Gasteiger partial charge in [-0.2, -0.15) is 0 Å². The Kier molecular flexibility index (Phi) is 4.60. The molecule has 6 nitrogen and oxygen atoms in total. The van der Waals surface area contributed by atoms with Gasteiger partial charge in [-0.3, -0.25) is 4.79 Å². The highest BCUT2D eigenvalue weighted by Gasteiger charge is 2.87. The fourth-order valence-electron chi connectivity index (χ4n) is 9.89. The number of ketones is 2. The molecule has 0 bridgehead atoms. The zero-order chi connectivity index (χ0) is 25.2. The predicted molar refractivity (Wildman–Crippen MR) is 128 cm³/mol. The molecule has 6 aliphatic rings. The van der Waals surface area contributed by atoms with Crippen LogP contribution in [0.25, 0.3) is 0 Å². The maximum Gasteiger partial charge on any atom is 0.339 e. The van der Waals surface area contributed by atoms with Crippen molar-refractivity contribution in [2.75, 3.05) is 6.61 Å². The molecule has 0 aromatic rings. The highest BCUT2D eigenvalue weighted by molar-refractivity contribution is 5.96. The summed E-state index contributed by atoms with van der Waals surface area (Å²) in [6, 6.07) is 0. The van der Waals surface area contributed by atoms with Crippen LogP contribution >= 0.6 is 0 Å². The van der Waals surface area contributed by atoms with Crippen molar-refractivity contribution in [2.45, 2.75) is 91.5 Å². The molecule has 0 aromatic heterocycles. The molecule has 6 rings (SSSR count). The molecule has 3 aliphatic heterocycles. The molecule has 2 saturated carbocycles. The number of ether oxygens (including phenoxy) is 3. The molecule has 4 fully saturated rings. The summed E-state index contributed by atoms with van der Waals surface area (Å²) in [5.41, 5.74) is -1.21. The molecule has 0 amide bonds. The minimum atomic E-state index is -0.695. The van der Waals surface area contributed by atoms with Crippen LogP contribution in [0.3, 0.4) is 0 Å². The molecule has 35 heavy (non-hydrogen) atoms. The van der Waals surface area contributed by atoms with Crippen molar-refractivity contribution in [3.63, 3.8) is 0 Å². The summed E-state index contributed by atoms with van der Waals surface area (Å²) in [6.07, 6.45) is 8.49. The Morgan fingerprint density at radius 2 is 1.83 bits per heavy atom. The Bertz CT molecular complexity index is 1090. The molecule has 9 atom stereocenters. The van der Waals surface area contributed by atoms with Crippen molar-refractivity contribution < 1.29 is 28.6 Å². The van der Waals surface area contributed by atoms with Gasteiger partial charge in [-0.25, -0.2) is 4.79 Å². The number of epoxide rings is 1. The van der Waals surface area contributed by atoms with E-state index < -0.39 is 27.9 Å². The molecular formula is C29H38O6. The van der Waals surface area contributed by atoms with Gasteiger partial charge in [-0.05, 0) is 55.4 Å². The smallest absolute Gasteiger partial charge is 0.339 e. The van der Waals surface area contributed by atoms with E-state index in [9.17, 15) is 14.4 Å². The number of hydrogen-bond donors (Lipinski definition) is 0. The van der Waals surface area contributed by atoms with E-state index in [1.54, 1.807) is 19.3 Å². The van der Waals surface area contributed by atoms with Gasteiger partial charge >= 0.3 is 5.97 Å². The number of cyclic esters (lactones) is 1. The Morgan fingerprint density at radius 3 is 2.49 bits per heavy atom. The summed E-state index contributed by atoms with van der Waals surface area (Å²) in [6.45, 7) is 13.2. The van der Waals surface area contributed by atoms with Crippen LogP contribution in [0.2, 0.25) is 0 Å². The number of Topliss-reactive ketones (excluding diaryl/α,β-unsaturated/α-hetero) is 1. The van der Waals surface area contributed by atoms with E-state index in [-0.39, 0.29) is 46.8 Å². The lowest BCUT2D eigenvalue weighted by Gasteiger charge is -2.69. The van der Waals surface area contributed by atoms with Gasteiger partial charge in [0.1, 0.15) is 17.5 Å². The number of carbonyl (C=O) groups is 3. The maximum absolute atomic E-state index is 13.3. The maximum atomic E-state index is 13.3. The van der Waals surface area contributed by atoms with Crippen LogP contribution in [0.5, 0.6) is 0 Å². The lowest BCUT2D eigenvalue weighted by atomic mass is 9.34. The highest BCUT2D eigenvalue weighted by Crippen LogP contribution is 2.80. The first-order valence-corrected chi connectivity index (χ1v) is 13.3. The largest absolute Gasteiger partial charge is 0.501 e. The van der Waals surface area contributed by atoms with Gasteiger partial charge in [0.25, 0.3) is 0 Å². The number of esters is 1. The molecule has 4 unspecified atom stereocenters. The summed E-state index contributed by atoms with van der Waals surface area (Å²) in [7, 11) is 0. The first kappa shape index (κ1) is 23.4. The summed E-state index contributed by atoms with van der Waals surface area (Å²) >= 11 is 0. The van der Waals surface area contributed by atoms with Gasteiger partial charge in [0.15, 0.2) is 11.9 Å². The minimum absolute atomic E-state index is 0.0200. The zero-order valence-electron chi connectivity index (χ0n) is 21.8. The predicted octanol–water partition coefficient (Wildman–Crippen LogP) is 4.56. The van der Waals surface area contributed by atoms with Crippen molar-refractivity contribution in [2.24, 2.45) is 39.4 Å². The van der Waals surface area contributed by atoms with Crippen molar-refractivity contribution in [1.29, 1.82) is 0 Å². The Labute approximate surface area is 207 Å². The molecule has 2 saturated heterocycles. The zero-order valence-corrected chi connectivity index (χ0v) is 21.8. The second kappa shape index (κ2) is 6.87. The second-order valence-corrected chi connectivity index (χ2v) is 13.3. The SMILES string of the molecule is CC(=O)CC1CC2C(C)(C)C(=O)C=CC2(C)C2CC[C@@]3(C)[C@H](C4=COCC4)OC(=O)[C@H]4O[C@]43[C@]12C. The summed E-state index contributed by atoms with van der Waals surface area (Å²) in [5, 5.41) is 0. The number of fused-ring (bicyclic) bond motifs is 3. The molecular weight excluding hydrogens is 444 g/mol. The van der Waals surface area contributed by atoms with Crippen molar-refractivity contribution in [1.82, 2.24) is 0 Å². The van der Waals surface area contributed by atoms with Crippen LogP contribution in [0.15, 0.2) is 24.0 Å². The average molecular weight is 483 g/mol. The van der Waals surface area contributed by atoms with Gasteiger partial charge in [0.2, 0.25) is 0 Å². The highest BCUT2D eigenvalue weighted by atomic mass is 16.7. The van der Waals surface area contributed by atoms with Gasteiger partial charge in [0, 0.05) is 34.7 Å². The van der Waals surface area contributed by atoms with E-state index >= 15 is 0 Å². The number of allylic oxidation sites excluding steroid dienone is 2. The Morgan fingerprint density at radius 1 is 1.09 bits per heavy atom. The molecule has 0 aromatic carbocycles. The molecule has 1 spiro atoms. The number of hydrogen-bond acceptors (Lipinski definition) is 6. The van der Waals surface area contributed by atoms with E-state index in [0.29, 0.717) is 13.0 Å². The molecule has 3 heterocycles. The van der Waals surface area contributed by atoms with Crippen LogP contribution in [0.4, 0.5) is 0 Å². The first-order valence-electron chi connectivity index (χ1n) is 13.3. The van der Waals surface area contributed by atoms with E-state index in [2.05, 4.69) is 40.7 Å². The Balaban J connectivity index is 1.54. The summed E-state index contributed by atoms with van der Waals surface area (Å²) in [5.74, 6) is 0.360. The summed E-state index contributed by atoms with van der Waals surface area (Å²) < 4.78 is 18.2. The molecule has 190 valence electrons. The van der Waals surface area contributed by atoms with Crippen LogP contribution in [-0.4, -0.2) is 42.0 Å². The van der Waals surface area contributed by atoms with Crippen LogP contribution in [-0.2, 0) is 28.6 Å². The Hall–Kier alpha value is -1.95. The minimum Gasteiger partial charge on any atom is -0.501 e. The van der Waals surface area contributed by atoms with Crippen molar-refractivity contribution >= 4 is 17.5 Å². The first-order chi connectivity index (χ1) is 16.3. The second-order valence-electron chi connectivity index (χ2n) is 13.3. The fraction of sp³-hybridized carbons (Fsp3) is 0.759. The third-order valence-corrected chi connectivity index (χ3v) is 11.6. The standard InChI is InChI=1S/C29H38O6/c1-16(30)13-18-14-20-25(2,3)21(31)8-10-26(20,4)19-7-11-27(5)22(17-9-12-33-15-17)34-24(32)23-29(27,35-23)28(18,19)6/h8,10,15,18-20,22-23H,7,9,11-14H2,1-6H3/t18?,19?,20?,22-,23+,26?,27-,28+,29+/m0/s1. The molecule has 0 radical (unpaired) electrons. The summed E-state index contributed by atoms with van der Waals surface area (Å²) in [4.78, 5) is 39.0. The lowest BCUT2D eigenvalue weighted by molar-refractivity contribution is -0.227. The molecule has 0 N–H and O–H groups in total. The average Bonchev–Trinajstić information content (AvgIpc) is 3.35. The van der Waals surface area contributed by atoms with E-state index in [1.807, 2.05) is 0 Å². The van der Waals surface area contributed by atoms with E-state index in [4.69, 9.17) is 14.2 Å².